The Morgan fingerprint density at radius 1 is 1.19 bits per heavy atom. The van der Waals surface area contributed by atoms with Gasteiger partial charge in [0, 0.05) is 16.6 Å². The van der Waals surface area contributed by atoms with Crippen molar-refractivity contribution < 1.29 is 14.3 Å². The molecule has 148 valence electrons. The van der Waals surface area contributed by atoms with Gasteiger partial charge in [-0.05, 0) is 49.1 Å². The topological polar surface area (TPSA) is 61.5 Å². The molecule has 0 fully saturated rings. The zero-order valence-electron chi connectivity index (χ0n) is 15.9. The number of hydrogen-bond acceptors (Lipinski definition) is 4. The van der Waals surface area contributed by atoms with Crippen molar-refractivity contribution in [3.8, 4) is 16.9 Å². The molecule has 0 aromatic heterocycles. The van der Waals surface area contributed by atoms with Crippen LogP contribution in [0.15, 0.2) is 42.5 Å². The molecule has 0 heterocycles. The first-order valence-electron chi connectivity index (χ1n) is 8.79. The number of carbonyl (C=O) groups excluding carboxylic acids is 1. The minimum absolute atomic E-state index is 0. The predicted octanol–water partition coefficient (Wildman–Crippen LogP) is 4.90. The third-order valence-electron chi connectivity index (χ3n) is 4.27. The van der Waals surface area contributed by atoms with E-state index >= 15 is 0 Å². The van der Waals surface area contributed by atoms with E-state index in [2.05, 4.69) is 0 Å². The maximum absolute atomic E-state index is 11.7. The zero-order chi connectivity index (χ0) is 19.1. The van der Waals surface area contributed by atoms with Crippen LogP contribution in [0, 0.1) is 5.92 Å². The van der Waals surface area contributed by atoms with E-state index in [-0.39, 0.29) is 30.3 Å². The lowest BCUT2D eigenvalue weighted by Gasteiger charge is -2.16. The van der Waals surface area contributed by atoms with Gasteiger partial charge < -0.3 is 15.2 Å². The van der Waals surface area contributed by atoms with E-state index in [0.29, 0.717) is 24.5 Å². The molecule has 0 aliphatic rings. The fourth-order valence-electron chi connectivity index (χ4n) is 2.95. The van der Waals surface area contributed by atoms with Gasteiger partial charge in [0.2, 0.25) is 0 Å². The van der Waals surface area contributed by atoms with Crippen LogP contribution in [-0.4, -0.2) is 25.7 Å². The third kappa shape index (κ3) is 6.73. The molecule has 0 radical (unpaired) electrons. The van der Waals surface area contributed by atoms with E-state index in [4.69, 9.17) is 26.8 Å². The van der Waals surface area contributed by atoms with E-state index in [0.717, 1.165) is 22.4 Å². The second kappa shape index (κ2) is 11.2. The Balaban J connectivity index is 0.00000364. The average Bonchev–Trinajstić information content (AvgIpc) is 2.62. The van der Waals surface area contributed by atoms with Crippen molar-refractivity contribution in [1.29, 1.82) is 0 Å². The number of rotatable bonds is 8. The summed E-state index contributed by atoms with van der Waals surface area (Å²) in [5.41, 5.74) is 9.31. The first-order valence-corrected chi connectivity index (χ1v) is 9.17. The molecular weight excluding hydrogens is 385 g/mol. The molecule has 0 bridgehead atoms. The lowest BCUT2D eigenvalue weighted by molar-refractivity contribution is -0.147. The Morgan fingerprint density at radius 3 is 2.44 bits per heavy atom. The molecule has 2 atom stereocenters. The van der Waals surface area contributed by atoms with Crippen LogP contribution >= 0.6 is 24.0 Å². The van der Waals surface area contributed by atoms with Crippen LogP contribution in [0.2, 0.25) is 5.02 Å². The minimum Gasteiger partial charge on any atom is -0.496 e. The standard InChI is InChI=1S/C21H26ClNO3.ClH/c1-4-26-21(24)14(2)11-18(23)12-15-5-7-16(8-6-15)19-13-17(22)9-10-20(19)25-3;/h5-10,13-14,18H,4,11-12,23H2,1-3H3;1H/t14?,18-;/m0./s1. The molecule has 2 N–H and O–H groups in total. The SMILES string of the molecule is CCOC(=O)C(C)C[C@H](N)Cc1ccc(-c2cc(Cl)ccc2OC)cc1.Cl. The highest BCUT2D eigenvalue weighted by Crippen LogP contribution is 2.32. The summed E-state index contributed by atoms with van der Waals surface area (Å²) >= 11 is 6.11. The van der Waals surface area contributed by atoms with Crippen LogP contribution in [0.3, 0.4) is 0 Å². The summed E-state index contributed by atoms with van der Waals surface area (Å²) in [6.45, 7) is 4.06. The molecule has 2 aromatic rings. The number of halogens is 2. The van der Waals surface area contributed by atoms with Crippen molar-refractivity contribution in [2.24, 2.45) is 11.7 Å². The Kier molecular flexibility index (Phi) is 9.64. The average molecular weight is 412 g/mol. The summed E-state index contributed by atoms with van der Waals surface area (Å²) in [5.74, 6) is 0.397. The molecule has 27 heavy (non-hydrogen) atoms. The van der Waals surface area contributed by atoms with Crippen LogP contribution in [0.25, 0.3) is 11.1 Å². The van der Waals surface area contributed by atoms with Crippen LogP contribution < -0.4 is 10.5 Å². The number of benzene rings is 2. The zero-order valence-corrected chi connectivity index (χ0v) is 17.5. The molecule has 0 saturated heterocycles. The molecule has 0 spiro atoms. The van der Waals surface area contributed by atoms with Crippen molar-refractivity contribution in [2.75, 3.05) is 13.7 Å². The van der Waals surface area contributed by atoms with Gasteiger partial charge in [0.05, 0.1) is 19.6 Å². The van der Waals surface area contributed by atoms with Crippen LogP contribution in [0.4, 0.5) is 0 Å². The van der Waals surface area contributed by atoms with Crippen molar-refractivity contribution in [1.82, 2.24) is 0 Å². The second-order valence-corrected chi connectivity index (χ2v) is 6.83. The van der Waals surface area contributed by atoms with Crippen LogP contribution in [-0.2, 0) is 16.0 Å². The summed E-state index contributed by atoms with van der Waals surface area (Å²) in [5, 5.41) is 0.667. The molecule has 1 unspecified atom stereocenters. The van der Waals surface area contributed by atoms with Gasteiger partial charge in [-0.25, -0.2) is 0 Å². The molecule has 6 heteroatoms. The molecule has 0 saturated carbocycles. The summed E-state index contributed by atoms with van der Waals surface area (Å²) in [6.07, 6.45) is 1.30. The minimum atomic E-state index is -0.194. The highest BCUT2D eigenvalue weighted by Gasteiger charge is 2.18. The Bertz CT molecular complexity index is 735. The smallest absolute Gasteiger partial charge is 0.308 e. The van der Waals surface area contributed by atoms with E-state index in [1.807, 2.05) is 49.4 Å². The summed E-state index contributed by atoms with van der Waals surface area (Å²) in [4.78, 5) is 11.7. The highest BCUT2D eigenvalue weighted by atomic mass is 35.5. The van der Waals surface area contributed by atoms with Gasteiger partial charge in [0.1, 0.15) is 5.75 Å². The number of esters is 1. The van der Waals surface area contributed by atoms with Crippen molar-refractivity contribution in [2.45, 2.75) is 32.7 Å². The Labute approximate surface area is 172 Å². The fourth-order valence-corrected chi connectivity index (χ4v) is 3.12. The van der Waals surface area contributed by atoms with E-state index in [1.54, 1.807) is 14.0 Å². The lowest BCUT2D eigenvalue weighted by atomic mass is 9.95. The summed E-state index contributed by atoms with van der Waals surface area (Å²) in [7, 11) is 1.64. The number of carbonyl (C=O) groups is 1. The number of ether oxygens (including phenoxy) is 2. The molecule has 2 aromatic carbocycles. The second-order valence-electron chi connectivity index (χ2n) is 6.39. The van der Waals surface area contributed by atoms with Gasteiger partial charge in [-0.3, -0.25) is 4.79 Å². The maximum Gasteiger partial charge on any atom is 0.308 e. The fraction of sp³-hybridized carbons (Fsp3) is 0.381. The van der Waals surface area contributed by atoms with Crippen molar-refractivity contribution >= 4 is 30.0 Å². The van der Waals surface area contributed by atoms with Gasteiger partial charge in [-0.15, -0.1) is 12.4 Å². The number of hydrogen-bond donors (Lipinski definition) is 1. The molecule has 0 aliphatic carbocycles. The third-order valence-corrected chi connectivity index (χ3v) is 4.50. The van der Waals surface area contributed by atoms with Crippen molar-refractivity contribution in [3.05, 3.63) is 53.1 Å². The van der Waals surface area contributed by atoms with Crippen LogP contribution in [0.1, 0.15) is 25.8 Å². The highest BCUT2D eigenvalue weighted by molar-refractivity contribution is 6.31. The number of methoxy groups -OCH3 is 1. The molecular formula is C21H27Cl2NO3. The van der Waals surface area contributed by atoms with Gasteiger partial charge in [0.25, 0.3) is 0 Å². The molecule has 0 aliphatic heterocycles. The maximum atomic E-state index is 11.7. The quantitative estimate of drug-likeness (QED) is 0.627. The van der Waals surface area contributed by atoms with Gasteiger partial charge in [0.15, 0.2) is 0 Å². The summed E-state index contributed by atoms with van der Waals surface area (Å²) < 4.78 is 10.4. The molecule has 4 nitrogen and oxygen atoms in total. The van der Waals surface area contributed by atoms with E-state index in [1.165, 1.54) is 0 Å². The molecule has 2 rings (SSSR count). The van der Waals surface area contributed by atoms with E-state index < -0.39 is 0 Å². The first-order chi connectivity index (χ1) is 12.4. The Morgan fingerprint density at radius 2 is 1.85 bits per heavy atom. The van der Waals surface area contributed by atoms with Gasteiger partial charge in [-0.2, -0.15) is 0 Å². The van der Waals surface area contributed by atoms with Gasteiger partial charge >= 0.3 is 5.97 Å². The van der Waals surface area contributed by atoms with Crippen molar-refractivity contribution in [3.63, 3.8) is 0 Å². The monoisotopic (exact) mass is 411 g/mol. The summed E-state index contributed by atoms with van der Waals surface area (Å²) in [6, 6.07) is 13.6. The molecule has 0 amide bonds. The Hall–Kier alpha value is -1.75. The van der Waals surface area contributed by atoms with Gasteiger partial charge in [-0.1, -0.05) is 42.8 Å². The van der Waals surface area contributed by atoms with Crippen LogP contribution in [0.5, 0.6) is 5.75 Å². The number of nitrogens with two attached hydrogens (primary N) is 1. The lowest BCUT2D eigenvalue weighted by Crippen LogP contribution is -2.29. The first kappa shape index (κ1) is 23.3. The van der Waals surface area contributed by atoms with E-state index in [9.17, 15) is 4.79 Å². The predicted molar refractivity (Wildman–Crippen MR) is 113 cm³/mol. The normalized spacial score (nSPS) is 12.6. The largest absolute Gasteiger partial charge is 0.496 e.